The summed E-state index contributed by atoms with van der Waals surface area (Å²) in [6.45, 7) is 2.67. The average molecular weight is 481 g/mol. The van der Waals surface area contributed by atoms with E-state index in [9.17, 15) is 5.11 Å². The van der Waals surface area contributed by atoms with Gasteiger partial charge < -0.3 is 20.1 Å². The van der Waals surface area contributed by atoms with Crippen LogP contribution in [0.4, 0.5) is 5.69 Å². The number of guanidine groups is 1. The summed E-state index contributed by atoms with van der Waals surface area (Å²) in [7, 11) is 1.56. The van der Waals surface area contributed by atoms with E-state index in [1.165, 1.54) is 19.3 Å². The molecule has 0 aromatic heterocycles. The number of methoxy groups -OCH3 is 1. The van der Waals surface area contributed by atoms with E-state index in [1.54, 1.807) is 13.2 Å². The van der Waals surface area contributed by atoms with Gasteiger partial charge in [-0.15, -0.1) is 24.0 Å². The van der Waals surface area contributed by atoms with Gasteiger partial charge in [0.1, 0.15) is 0 Å². The summed E-state index contributed by atoms with van der Waals surface area (Å²) in [6.07, 6.45) is 4.35. The number of nitrogens with zero attached hydrogens (tertiary/aromatic N) is 2. The number of nitrogens with one attached hydrogen (secondary N) is 1. The number of hydrogen-bond donors (Lipinski definition) is 2. The number of piperidine rings is 1. The topological polar surface area (TPSA) is 57.1 Å². The Bertz CT molecular complexity index is 731. The first-order chi connectivity index (χ1) is 12.8. The van der Waals surface area contributed by atoms with E-state index < -0.39 is 0 Å². The van der Waals surface area contributed by atoms with Crippen molar-refractivity contribution in [3.8, 4) is 11.5 Å². The maximum absolute atomic E-state index is 10.2. The van der Waals surface area contributed by atoms with Gasteiger partial charge >= 0.3 is 0 Å². The average Bonchev–Trinajstić information content (AvgIpc) is 2.70. The van der Waals surface area contributed by atoms with Crippen molar-refractivity contribution in [3.05, 3.63) is 54.1 Å². The van der Waals surface area contributed by atoms with Gasteiger partial charge in [0.05, 0.1) is 7.11 Å². The maximum atomic E-state index is 10.2. The Labute approximate surface area is 178 Å². The van der Waals surface area contributed by atoms with Crippen molar-refractivity contribution >= 4 is 35.6 Å². The molecular formula is C21H28IN3O2. The van der Waals surface area contributed by atoms with Crippen molar-refractivity contribution in [2.24, 2.45) is 4.99 Å². The zero-order chi connectivity index (χ0) is 18.2. The minimum Gasteiger partial charge on any atom is -0.504 e. The van der Waals surface area contributed by atoms with Crippen LogP contribution in [0.5, 0.6) is 11.5 Å². The van der Waals surface area contributed by atoms with Gasteiger partial charge in [-0.3, -0.25) is 4.99 Å². The molecular weight excluding hydrogens is 453 g/mol. The molecule has 0 spiro atoms. The third-order valence-corrected chi connectivity index (χ3v) is 4.63. The smallest absolute Gasteiger partial charge is 0.198 e. The summed E-state index contributed by atoms with van der Waals surface area (Å²) >= 11 is 0. The first-order valence-electron chi connectivity index (χ1n) is 9.24. The highest BCUT2D eigenvalue weighted by atomic mass is 127. The van der Waals surface area contributed by atoms with E-state index in [2.05, 4.69) is 10.2 Å². The van der Waals surface area contributed by atoms with E-state index in [-0.39, 0.29) is 29.7 Å². The first kappa shape index (κ1) is 21.3. The normalized spacial score (nSPS) is 14.4. The second-order valence-corrected chi connectivity index (χ2v) is 6.46. The molecule has 0 aliphatic carbocycles. The van der Waals surface area contributed by atoms with Crippen molar-refractivity contribution in [3.63, 3.8) is 0 Å². The zero-order valence-corrected chi connectivity index (χ0v) is 18.1. The third kappa shape index (κ3) is 6.02. The van der Waals surface area contributed by atoms with Crippen LogP contribution in [0.15, 0.2) is 53.5 Å². The van der Waals surface area contributed by atoms with Gasteiger partial charge in [0.15, 0.2) is 17.5 Å². The number of phenols is 1. The highest BCUT2D eigenvalue weighted by molar-refractivity contribution is 14.0. The van der Waals surface area contributed by atoms with Gasteiger partial charge in [-0.05, 0) is 49.4 Å². The Kier molecular flexibility index (Phi) is 8.71. The molecule has 0 saturated carbocycles. The molecule has 146 valence electrons. The van der Waals surface area contributed by atoms with Crippen LogP contribution in [0.2, 0.25) is 0 Å². The maximum Gasteiger partial charge on any atom is 0.198 e. The monoisotopic (exact) mass is 481 g/mol. The largest absolute Gasteiger partial charge is 0.504 e. The highest BCUT2D eigenvalue weighted by Gasteiger charge is 2.15. The van der Waals surface area contributed by atoms with Gasteiger partial charge in [0, 0.05) is 25.3 Å². The third-order valence-electron chi connectivity index (χ3n) is 4.63. The van der Waals surface area contributed by atoms with Crippen molar-refractivity contribution in [2.45, 2.75) is 25.7 Å². The van der Waals surface area contributed by atoms with Crippen LogP contribution in [0, 0.1) is 0 Å². The van der Waals surface area contributed by atoms with Crippen LogP contribution < -0.4 is 10.1 Å². The SMILES string of the molecule is COc1cccc(CCN=C(Nc2ccccc2)N2CCCCC2)c1O.I. The number of likely N-dealkylation sites (tertiary alicyclic amines) is 1. The molecule has 1 aliphatic heterocycles. The van der Waals surface area contributed by atoms with E-state index in [0.717, 1.165) is 30.3 Å². The second-order valence-electron chi connectivity index (χ2n) is 6.46. The number of rotatable bonds is 5. The molecule has 1 fully saturated rings. The molecule has 1 saturated heterocycles. The standard InChI is InChI=1S/C21H27N3O2.HI/c1-26-19-12-8-9-17(20(19)25)13-14-22-21(24-15-6-3-7-16-24)23-18-10-4-2-5-11-18;/h2,4-5,8-12,25H,3,6-7,13-16H2,1H3,(H,22,23);1H. The number of hydrogen-bond acceptors (Lipinski definition) is 3. The molecule has 27 heavy (non-hydrogen) atoms. The number of aliphatic imine (C=N–C) groups is 1. The summed E-state index contributed by atoms with van der Waals surface area (Å²) in [5.74, 6) is 1.63. The van der Waals surface area contributed by atoms with Crippen LogP contribution >= 0.6 is 24.0 Å². The summed E-state index contributed by atoms with van der Waals surface area (Å²) in [6, 6.07) is 15.7. The lowest BCUT2D eigenvalue weighted by Crippen LogP contribution is -2.40. The number of para-hydroxylation sites is 2. The van der Waals surface area contributed by atoms with Crippen LogP contribution in [-0.4, -0.2) is 42.7 Å². The van der Waals surface area contributed by atoms with E-state index in [0.29, 0.717) is 18.7 Å². The number of aromatic hydroxyl groups is 1. The summed E-state index contributed by atoms with van der Waals surface area (Å²) in [5, 5.41) is 13.7. The van der Waals surface area contributed by atoms with Gasteiger partial charge in [-0.25, -0.2) is 0 Å². The van der Waals surface area contributed by atoms with Crippen LogP contribution in [0.3, 0.4) is 0 Å². The second kappa shape index (κ2) is 11.0. The molecule has 0 amide bonds. The Morgan fingerprint density at radius 1 is 1.07 bits per heavy atom. The lowest BCUT2D eigenvalue weighted by atomic mass is 10.1. The van der Waals surface area contributed by atoms with Gasteiger partial charge in [0.25, 0.3) is 0 Å². The van der Waals surface area contributed by atoms with Gasteiger partial charge in [-0.1, -0.05) is 30.3 Å². The predicted octanol–water partition coefficient (Wildman–Crippen LogP) is 4.52. The Morgan fingerprint density at radius 2 is 1.81 bits per heavy atom. The summed E-state index contributed by atoms with van der Waals surface area (Å²) < 4.78 is 5.18. The molecule has 2 aromatic carbocycles. The minimum absolute atomic E-state index is 0. The molecule has 1 heterocycles. The Morgan fingerprint density at radius 3 is 2.52 bits per heavy atom. The molecule has 6 heteroatoms. The van der Waals surface area contributed by atoms with Crippen molar-refractivity contribution < 1.29 is 9.84 Å². The molecule has 2 N–H and O–H groups in total. The summed E-state index contributed by atoms with van der Waals surface area (Å²) in [4.78, 5) is 7.14. The van der Waals surface area contributed by atoms with E-state index >= 15 is 0 Å². The zero-order valence-electron chi connectivity index (χ0n) is 15.7. The van der Waals surface area contributed by atoms with Crippen LogP contribution in [0.1, 0.15) is 24.8 Å². The number of halogens is 1. The van der Waals surface area contributed by atoms with Gasteiger partial charge in [0.2, 0.25) is 0 Å². The van der Waals surface area contributed by atoms with Crippen LogP contribution in [0.25, 0.3) is 0 Å². The first-order valence-corrected chi connectivity index (χ1v) is 9.24. The molecule has 3 rings (SSSR count). The van der Waals surface area contributed by atoms with Gasteiger partial charge in [-0.2, -0.15) is 0 Å². The molecule has 0 bridgehead atoms. The molecule has 5 nitrogen and oxygen atoms in total. The predicted molar refractivity (Wildman–Crippen MR) is 122 cm³/mol. The number of ether oxygens (including phenoxy) is 1. The minimum atomic E-state index is 0. The fraction of sp³-hybridized carbons (Fsp3) is 0.381. The molecule has 0 atom stereocenters. The quantitative estimate of drug-likeness (QED) is 0.375. The fourth-order valence-corrected chi connectivity index (χ4v) is 3.19. The Hall–Kier alpha value is -1.96. The van der Waals surface area contributed by atoms with Crippen LogP contribution in [-0.2, 0) is 6.42 Å². The van der Waals surface area contributed by atoms with Crippen molar-refractivity contribution in [1.29, 1.82) is 0 Å². The Balaban J connectivity index is 0.00000261. The van der Waals surface area contributed by atoms with Crippen molar-refractivity contribution in [1.82, 2.24) is 4.90 Å². The number of anilines is 1. The van der Waals surface area contributed by atoms with E-state index in [4.69, 9.17) is 9.73 Å². The molecule has 2 aromatic rings. The highest BCUT2D eigenvalue weighted by Crippen LogP contribution is 2.29. The molecule has 1 aliphatic rings. The lowest BCUT2D eigenvalue weighted by molar-refractivity contribution is 0.340. The van der Waals surface area contributed by atoms with Crippen molar-refractivity contribution in [2.75, 3.05) is 32.1 Å². The number of phenolic OH excluding ortho intramolecular Hbond substituents is 1. The van der Waals surface area contributed by atoms with E-state index in [1.807, 2.05) is 42.5 Å². The molecule has 0 unspecified atom stereocenters. The molecule has 0 radical (unpaired) electrons. The lowest BCUT2D eigenvalue weighted by Gasteiger charge is -2.30. The number of benzene rings is 2. The summed E-state index contributed by atoms with van der Waals surface area (Å²) in [5.41, 5.74) is 1.90. The fourth-order valence-electron chi connectivity index (χ4n) is 3.19.